The molecule has 3 nitrogen and oxygen atoms in total. The predicted molar refractivity (Wildman–Crippen MR) is 65.7 cm³/mol. The molecule has 1 aromatic carbocycles. The van der Waals surface area contributed by atoms with Gasteiger partial charge in [0.2, 0.25) is 0 Å². The van der Waals surface area contributed by atoms with E-state index in [-0.39, 0.29) is 5.75 Å². The van der Waals surface area contributed by atoms with Crippen LogP contribution in [0, 0.1) is 0 Å². The number of phenolic OH excluding ortho intramolecular Hbond substituents is 1. The van der Waals surface area contributed by atoms with E-state index in [9.17, 15) is 10.2 Å². The van der Waals surface area contributed by atoms with Gasteiger partial charge in [0.15, 0.2) is 0 Å². The van der Waals surface area contributed by atoms with Crippen LogP contribution in [0.3, 0.4) is 0 Å². The fourth-order valence-electron chi connectivity index (χ4n) is 1.63. The highest BCUT2D eigenvalue weighted by molar-refractivity contribution is 5.36. The van der Waals surface area contributed by atoms with Gasteiger partial charge in [-0.15, -0.1) is 0 Å². The second-order valence-corrected chi connectivity index (χ2v) is 4.57. The largest absolute Gasteiger partial charge is 0.508 e. The number of aliphatic hydroxyl groups is 1. The third kappa shape index (κ3) is 4.21. The first kappa shape index (κ1) is 13.0. The Balaban J connectivity index is 2.73. The van der Waals surface area contributed by atoms with Gasteiger partial charge in [0, 0.05) is 13.0 Å². The molecule has 0 aliphatic carbocycles. The molecule has 0 spiro atoms. The van der Waals surface area contributed by atoms with Crippen LogP contribution in [0.1, 0.15) is 18.1 Å². The van der Waals surface area contributed by atoms with Crippen LogP contribution >= 0.6 is 0 Å². The van der Waals surface area contributed by atoms with Crippen LogP contribution in [-0.4, -0.2) is 41.9 Å². The molecule has 0 fully saturated rings. The van der Waals surface area contributed by atoms with Crippen LogP contribution < -0.4 is 0 Å². The molecule has 0 aliphatic rings. The van der Waals surface area contributed by atoms with Crippen molar-refractivity contribution in [2.24, 2.45) is 0 Å². The average molecular weight is 223 g/mol. The van der Waals surface area contributed by atoms with Crippen molar-refractivity contribution < 1.29 is 10.2 Å². The number of aliphatic hydroxyl groups excluding tert-OH is 1. The first-order valence-corrected chi connectivity index (χ1v) is 5.62. The smallest absolute Gasteiger partial charge is 0.118 e. The molecule has 0 saturated heterocycles. The van der Waals surface area contributed by atoms with E-state index in [2.05, 4.69) is 4.90 Å². The molecule has 1 aromatic rings. The maximum atomic E-state index is 9.64. The Morgan fingerprint density at radius 3 is 2.56 bits per heavy atom. The topological polar surface area (TPSA) is 43.7 Å². The summed E-state index contributed by atoms with van der Waals surface area (Å²) in [5, 5.41) is 19.0. The third-order valence-corrected chi connectivity index (χ3v) is 2.51. The van der Waals surface area contributed by atoms with Gasteiger partial charge in [-0.05, 0) is 44.6 Å². The molecule has 90 valence electrons. The SMILES string of the molecule is CC(O)Cc1cc(CCN(C)C)ccc1O. The number of aromatic hydroxyl groups is 1. The van der Waals surface area contributed by atoms with E-state index in [0.29, 0.717) is 6.42 Å². The monoisotopic (exact) mass is 223 g/mol. The van der Waals surface area contributed by atoms with Gasteiger partial charge in [-0.2, -0.15) is 0 Å². The standard InChI is InChI=1S/C13H21NO2/c1-10(15)8-12-9-11(4-5-13(12)16)6-7-14(2)3/h4-5,9-10,15-16H,6-8H2,1-3H3. The minimum Gasteiger partial charge on any atom is -0.508 e. The summed E-state index contributed by atoms with van der Waals surface area (Å²) in [6, 6.07) is 5.62. The van der Waals surface area contributed by atoms with E-state index < -0.39 is 6.10 Å². The molecule has 1 rings (SSSR count). The number of nitrogens with zero attached hydrogens (tertiary/aromatic N) is 1. The summed E-state index contributed by atoms with van der Waals surface area (Å²) >= 11 is 0. The molecule has 0 heterocycles. The van der Waals surface area contributed by atoms with Crippen molar-refractivity contribution in [3.05, 3.63) is 29.3 Å². The highest BCUT2D eigenvalue weighted by Gasteiger charge is 2.06. The van der Waals surface area contributed by atoms with Crippen molar-refractivity contribution in [3.63, 3.8) is 0 Å². The van der Waals surface area contributed by atoms with Crippen LogP contribution in [0.4, 0.5) is 0 Å². The molecular formula is C13H21NO2. The summed E-state index contributed by atoms with van der Waals surface area (Å²) in [6.07, 6.45) is 1.04. The van der Waals surface area contributed by atoms with Crippen molar-refractivity contribution in [3.8, 4) is 5.75 Å². The molecule has 1 atom stereocenters. The number of hydrogen-bond acceptors (Lipinski definition) is 3. The normalized spacial score (nSPS) is 13.1. The Labute approximate surface area is 97.3 Å². The lowest BCUT2D eigenvalue weighted by molar-refractivity contribution is 0.194. The summed E-state index contributed by atoms with van der Waals surface area (Å²) in [5.74, 6) is 0.273. The van der Waals surface area contributed by atoms with Crippen molar-refractivity contribution in [2.45, 2.75) is 25.9 Å². The van der Waals surface area contributed by atoms with Crippen LogP contribution in [-0.2, 0) is 12.8 Å². The molecule has 0 aromatic heterocycles. The first-order valence-electron chi connectivity index (χ1n) is 5.62. The quantitative estimate of drug-likeness (QED) is 0.793. The summed E-state index contributed by atoms with van der Waals surface area (Å²) in [7, 11) is 4.08. The van der Waals surface area contributed by atoms with E-state index in [0.717, 1.165) is 18.5 Å². The van der Waals surface area contributed by atoms with Crippen LogP contribution in [0.5, 0.6) is 5.75 Å². The Kier molecular flexibility index (Phi) is 4.77. The summed E-state index contributed by atoms with van der Waals surface area (Å²) in [5.41, 5.74) is 2.02. The molecule has 2 N–H and O–H groups in total. The minimum absolute atomic E-state index is 0.273. The fourth-order valence-corrected chi connectivity index (χ4v) is 1.63. The van der Waals surface area contributed by atoms with Crippen molar-refractivity contribution >= 4 is 0 Å². The number of rotatable bonds is 5. The van der Waals surface area contributed by atoms with E-state index in [1.165, 1.54) is 5.56 Å². The second-order valence-electron chi connectivity index (χ2n) is 4.57. The molecule has 0 bridgehead atoms. The maximum Gasteiger partial charge on any atom is 0.118 e. The Morgan fingerprint density at radius 1 is 1.31 bits per heavy atom. The summed E-state index contributed by atoms with van der Waals surface area (Å²) in [4.78, 5) is 2.13. The fraction of sp³-hybridized carbons (Fsp3) is 0.538. The molecule has 0 radical (unpaired) electrons. The Morgan fingerprint density at radius 2 is 2.00 bits per heavy atom. The van der Waals surface area contributed by atoms with E-state index >= 15 is 0 Å². The van der Waals surface area contributed by atoms with E-state index in [1.54, 1.807) is 13.0 Å². The van der Waals surface area contributed by atoms with Crippen molar-refractivity contribution in [1.82, 2.24) is 4.90 Å². The molecule has 0 amide bonds. The molecular weight excluding hydrogens is 202 g/mol. The highest BCUT2D eigenvalue weighted by Crippen LogP contribution is 2.20. The minimum atomic E-state index is -0.421. The number of likely N-dealkylation sites (N-methyl/N-ethyl adjacent to an activating group) is 1. The van der Waals surface area contributed by atoms with Gasteiger partial charge in [0.1, 0.15) is 5.75 Å². The molecule has 3 heteroatoms. The van der Waals surface area contributed by atoms with E-state index in [4.69, 9.17) is 0 Å². The van der Waals surface area contributed by atoms with Crippen LogP contribution in [0.25, 0.3) is 0 Å². The van der Waals surface area contributed by atoms with Gasteiger partial charge in [-0.25, -0.2) is 0 Å². The Bertz CT molecular complexity index is 335. The zero-order chi connectivity index (χ0) is 12.1. The lowest BCUT2D eigenvalue weighted by Gasteiger charge is -2.12. The molecule has 0 aliphatic heterocycles. The lowest BCUT2D eigenvalue weighted by atomic mass is 10.0. The van der Waals surface area contributed by atoms with E-state index in [1.807, 2.05) is 26.2 Å². The van der Waals surface area contributed by atoms with Gasteiger partial charge in [0.25, 0.3) is 0 Å². The highest BCUT2D eigenvalue weighted by atomic mass is 16.3. The van der Waals surface area contributed by atoms with Crippen LogP contribution in [0.2, 0.25) is 0 Å². The molecule has 1 unspecified atom stereocenters. The van der Waals surface area contributed by atoms with Gasteiger partial charge < -0.3 is 15.1 Å². The van der Waals surface area contributed by atoms with Gasteiger partial charge >= 0.3 is 0 Å². The van der Waals surface area contributed by atoms with Crippen molar-refractivity contribution in [2.75, 3.05) is 20.6 Å². The number of benzene rings is 1. The molecule has 0 saturated carbocycles. The van der Waals surface area contributed by atoms with Crippen LogP contribution in [0.15, 0.2) is 18.2 Å². The van der Waals surface area contributed by atoms with Gasteiger partial charge in [0.05, 0.1) is 6.10 Å². The summed E-state index contributed by atoms with van der Waals surface area (Å²) < 4.78 is 0. The number of phenols is 1. The zero-order valence-corrected chi connectivity index (χ0v) is 10.3. The average Bonchev–Trinajstić information content (AvgIpc) is 2.18. The lowest BCUT2D eigenvalue weighted by Crippen LogP contribution is -2.15. The maximum absolute atomic E-state index is 9.64. The Hall–Kier alpha value is -1.06. The zero-order valence-electron chi connectivity index (χ0n) is 10.3. The van der Waals surface area contributed by atoms with Gasteiger partial charge in [-0.1, -0.05) is 12.1 Å². The second kappa shape index (κ2) is 5.87. The molecule has 16 heavy (non-hydrogen) atoms. The predicted octanol–water partition coefficient (Wildman–Crippen LogP) is 1.42. The van der Waals surface area contributed by atoms with Crippen molar-refractivity contribution in [1.29, 1.82) is 0 Å². The summed E-state index contributed by atoms with van der Waals surface area (Å²) in [6.45, 7) is 2.71. The first-order chi connectivity index (χ1) is 7.49. The number of hydrogen-bond donors (Lipinski definition) is 2. The third-order valence-electron chi connectivity index (χ3n) is 2.51. The van der Waals surface area contributed by atoms with Gasteiger partial charge in [-0.3, -0.25) is 0 Å².